The van der Waals surface area contributed by atoms with Crippen molar-refractivity contribution in [1.82, 2.24) is 5.32 Å². The van der Waals surface area contributed by atoms with E-state index in [9.17, 15) is 8.78 Å². The number of benzene rings is 1. The second kappa shape index (κ2) is 6.49. The summed E-state index contributed by atoms with van der Waals surface area (Å²) < 4.78 is 27.3. The molecule has 1 aromatic carbocycles. The maximum Gasteiger partial charge on any atom is 0.150 e. The molecular weight excluding hydrogens is 294 g/mol. The zero-order chi connectivity index (χ0) is 14.8. The fraction of sp³-hybridized carbons (Fsp3) is 0.625. The molecule has 0 amide bonds. The van der Waals surface area contributed by atoms with Crippen LogP contribution in [0.25, 0.3) is 0 Å². The van der Waals surface area contributed by atoms with E-state index < -0.39 is 11.6 Å². The molecule has 116 valence electrons. The van der Waals surface area contributed by atoms with Crippen LogP contribution >= 0.6 is 11.6 Å². The molecule has 1 heterocycles. The number of nitrogens with one attached hydrogen (secondary N) is 1. The summed E-state index contributed by atoms with van der Waals surface area (Å²) in [5.41, 5.74) is 0.348. The van der Waals surface area contributed by atoms with Gasteiger partial charge in [0.15, 0.2) is 5.82 Å². The van der Waals surface area contributed by atoms with Crippen molar-refractivity contribution in [2.45, 2.75) is 38.1 Å². The molecule has 1 saturated heterocycles. The van der Waals surface area contributed by atoms with Gasteiger partial charge < -0.3 is 10.2 Å². The van der Waals surface area contributed by atoms with Gasteiger partial charge in [0.05, 0.1) is 10.7 Å². The smallest absolute Gasteiger partial charge is 0.150 e. The number of halogens is 3. The summed E-state index contributed by atoms with van der Waals surface area (Å²) in [5.74, 6) is -0.534. The van der Waals surface area contributed by atoms with Gasteiger partial charge in [-0.15, -0.1) is 0 Å². The van der Waals surface area contributed by atoms with Crippen LogP contribution in [0.5, 0.6) is 0 Å². The van der Waals surface area contributed by atoms with E-state index in [1.165, 1.54) is 38.2 Å². The molecule has 1 atom stereocenters. The van der Waals surface area contributed by atoms with Crippen molar-refractivity contribution in [3.05, 3.63) is 28.8 Å². The van der Waals surface area contributed by atoms with Crippen molar-refractivity contribution < 1.29 is 8.78 Å². The fourth-order valence-electron chi connectivity index (χ4n) is 3.67. The van der Waals surface area contributed by atoms with E-state index in [2.05, 4.69) is 5.32 Å². The minimum atomic E-state index is -0.625. The Kier molecular flexibility index (Phi) is 4.65. The van der Waals surface area contributed by atoms with Gasteiger partial charge in [-0.1, -0.05) is 30.9 Å². The molecule has 1 unspecified atom stereocenters. The third kappa shape index (κ3) is 3.32. The number of hydrogen-bond acceptors (Lipinski definition) is 2. The van der Waals surface area contributed by atoms with E-state index in [1.54, 1.807) is 0 Å². The van der Waals surface area contributed by atoms with Gasteiger partial charge in [0.2, 0.25) is 0 Å². The molecule has 1 saturated carbocycles. The van der Waals surface area contributed by atoms with Gasteiger partial charge in [0.1, 0.15) is 5.82 Å². The average molecular weight is 315 g/mol. The number of anilines is 1. The lowest BCUT2D eigenvalue weighted by Gasteiger charge is -2.40. The van der Waals surface area contributed by atoms with E-state index in [-0.39, 0.29) is 5.02 Å². The number of hydrogen-bond donors (Lipinski definition) is 1. The minimum absolute atomic E-state index is 0.164. The summed E-state index contributed by atoms with van der Waals surface area (Å²) in [6, 6.07) is 2.48. The molecule has 1 aliphatic carbocycles. The molecule has 1 aliphatic heterocycles. The van der Waals surface area contributed by atoms with E-state index in [0.29, 0.717) is 24.2 Å². The SMILES string of the molecule is Fc1cc(F)c(N2CCNC(C3CCCCC3)C2)c(Cl)c1. The Morgan fingerprint density at radius 3 is 2.62 bits per heavy atom. The zero-order valence-corrected chi connectivity index (χ0v) is 12.8. The molecule has 0 radical (unpaired) electrons. The molecule has 1 N–H and O–H groups in total. The van der Waals surface area contributed by atoms with Crippen LogP contribution in [-0.2, 0) is 0 Å². The van der Waals surface area contributed by atoms with Gasteiger partial charge >= 0.3 is 0 Å². The first-order valence-electron chi connectivity index (χ1n) is 7.78. The van der Waals surface area contributed by atoms with Crippen LogP contribution in [0.15, 0.2) is 12.1 Å². The van der Waals surface area contributed by atoms with Crippen LogP contribution in [0.3, 0.4) is 0 Å². The van der Waals surface area contributed by atoms with Crippen molar-refractivity contribution in [3.8, 4) is 0 Å². The highest BCUT2D eigenvalue weighted by Crippen LogP contribution is 2.33. The molecule has 0 spiro atoms. The lowest BCUT2D eigenvalue weighted by Crippen LogP contribution is -2.54. The molecule has 2 aliphatic rings. The summed E-state index contributed by atoms with van der Waals surface area (Å²) in [6.07, 6.45) is 6.38. The van der Waals surface area contributed by atoms with Crippen molar-refractivity contribution >= 4 is 17.3 Å². The first-order chi connectivity index (χ1) is 10.1. The van der Waals surface area contributed by atoms with Crippen molar-refractivity contribution in [2.24, 2.45) is 5.92 Å². The highest BCUT2D eigenvalue weighted by atomic mass is 35.5. The van der Waals surface area contributed by atoms with Crippen molar-refractivity contribution in [1.29, 1.82) is 0 Å². The molecule has 1 aromatic rings. The predicted molar refractivity (Wildman–Crippen MR) is 81.9 cm³/mol. The van der Waals surface area contributed by atoms with E-state index in [4.69, 9.17) is 11.6 Å². The maximum atomic E-state index is 14.1. The number of rotatable bonds is 2. The van der Waals surface area contributed by atoms with Crippen LogP contribution in [0.2, 0.25) is 5.02 Å². The average Bonchev–Trinajstić information content (AvgIpc) is 2.47. The molecule has 0 bridgehead atoms. The maximum absolute atomic E-state index is 14.1. The summed E-state index contributed by atoms with van der Waals surface area (Å²) in [5, 5.41) is 3.72. The summed E-state index contributed by atoms with van der Waals surface area (Å²) in [6.45, 7) is 2.26. The molecule has 2 nitrogen and oxygen atoms in total. The molecule has 21 heavy (non-hydrogen) atoms. The lowest BCUT2D eigenvalue weighted by atomic mass is 9.83. The molecule has 0 aromatic heterocycles. The second-order valence-electron chi connectivity index (χ2n) is 6.12. The van der Waals surface area contributed by atoms with Crippen LogP contribution in [0, 0.1) is 17.6 Å². The Hall–Kier alpha value is -0.870. The lowest BCUT2D eigenvalue weighted by molar-refractivity contribution is 0.256. The van der Waals surface area contributed by atoms with Gasteiger partial charge in [-0.25, -0.2) is 8.78 Å². The minimum Gasteiger partial charge on any atom is -0.365 e. The topological polar surface area (TPSA) is 15.3 Å². The largest absolute Gasteiger partial charge is 0.365 e. The van der Waals surface area contributed by atoms with Gasteiger partial charge in [0.25, 0.3) is 0 Å². The van der Waals surface area contributed by atoms with E-state index in [0.717, 1.165) is 19.2 Å². The molecular formula is C16H21ClF2N2. The second-order valence-corrected chi connectivity index (χ2v) is 6.53. The standard InChI is InChI=1S/C16H21ClF2N2/c17-13-8-12(18)9-14(19)16(13)21-7-6-20-15(10-21)11-4-2-1-3-5-11/h8-9,11,15,20H,1-7,10H2. The Bertz CT molecular complexity index is 480. The van der Waals surface area contributed by atoms with Crippen molar-refractivity contribution in [2.75, 3.05) is 24.5 Å². The highest BCUT2D eigenvalue weighted by molar-refractivity contribution is 6.33. The molecule has 3 rings (SSSR count). The Balaban J connectivity index is 1.76. The third-order valence-corrected chi connectivity index (χ3v) is 5.01. The van der Waals surface area contributed by atoms with Crippen LogP contribution in [0.1, 0.15) is 32.1 Å². The van der Waals surface area contributed by atoms with E-state index in [1.807, 2.05) is 4.90 Å². The summed E-state index contributed by atoms with van der Waals surface area (Å²) in [7, 11) is 0. The van der Waals surface area contributed by atoms with Crippen LogP contribution in [-0.4, -0.2) is 25.7 Å². The van der Waals surface area contributed by atoms with Crippen LogP contribution < -0.4 is 10.2 Å². The van der Waals surface area contributed by atoms with E-state index >= 15 is 0 Å². The number of piperazine rings is 1. The Morgan fingerprint density at radius 1 is 1.14 bits per heavy atom. The van der Waals surface area contributed by atoms with Gasteiger partial charge in [-0.3, -0.25) is 0 Å². The van der Waals surface area contributed by atoms with Crippen LogP contribution in [0.4, 0.5) is 14.5 Å². The predicted octanol–water partition coefficient (Wildman–Crippen LogP) is 3.98. The summed E-state index contributed by atoms with van der Waals surface area (Å²) >= 11 is 6.06. The number of nitrogens with zero attached hydrogens (tertiary/aromatic N) is 1. The summed E-state index contributed by atoms with van der Waals surface area (Å²) in [4.78, 5) is 1.97. The Morgan fingerprint density at radius 2 is 1.90 bits per heavy atom. The molecule has 5 heteroatoms. The normalized spacial score (nSPS) is 24.3. The first kappa shape index (κ1) is 15.0. The quantitative estimate of drug-likeness (QED) is 0.888. The zero-order valence-electron chi connectivity index (χ0n) is 12.0. The molecule has 2 fully saturated rings. The highest BCUT2D eigenvalue weighted by Gasteiger charge is 2.30. The van der Waals surface area contributed by atoms with Gasteiger partial charge in [-0.05, 0) is 24.8 Å². The van der Waals surface area contributed by atoms with Crippen molar-refractivity contribution in [3.63, 3.8) is 0 Å². The Labute approximate surface area is 129 Å². The first-order valence-corrected chi connectivity index (χ1v) is 8.16. The fourth-order valence-corrected chi connectivity index (χ4v) is 3.98. The van der Waals surface area contributed by atoms with Gasteiger partial charge in [-0.2, -0.15) is 0 Å². The van der Waals surface area contributed by atoms with Gasteiger partial charge in [0, 0.05) is 31.7 Å². The monoisotopic (exact) mass is 314 g/mol. The third-order valence-electron chi connectivity index (χ3n) is 4.72.